The van der Waals surface area contributed by atoms with E-state index < -0.39 is 5.97 Å². The Morgan fingerprint density at radius 3 is 0.956 bits per heavy atom. The summed E-state index contributed by atoms with van der Waals surface area (Å²) in [5.74, 6) is 0.323. The van der Waals surface area contributed by atoms with Crippen LogP contribution >= 0.6 is 0 Å². The fourth-order valence-electron chi connectivity index (χ4n) is 11.4. The summed E-state index contributed by atoms with van der Waals surface area (Å²) in [7, 11) is 0. The van der Waals surface area contributed by atoms with Gasteiger partial charge in [0.05, 0.1) is 5.56 Å². The lowest BCUT2D eigenvalue weighted by atomic mass is 9.98. The first-order valence-electron chi connectivity index (χ1n) is 31.6. The minimum atomic E-state index is -0.985. The Kier molecular flexibility index (Phi) is 23.9. The van der Waals surface area contributed by atoms with Gasteiger partial charge in [0.15, 0.2) is 30.8 Å². The lowest BCUT2D eigenvalue weighted by Crippen LogP contribution is -2.54. The number of nitrogens with one attached hydrogen (secondary N) is 2. The first kappa shape index (κ1) is 69.7. The van der Waals surface area contributed by atoms with Gasteiger partial charge in [-0.15, -0.1) is 10.2 Å². The summed E-state index contributed by atoms with van der Waals surface area (Å²) in [6, 6.07) is 28.3. The van der Waals surface area contributed by atoms with Crippen molar-refractivity contribution in [1.29, 1.82) is 0 Å². The Labute approximate surface area is 532 Å². The Morgan fingerprint density at radius 1 is 0.389 bits per heavy atom. The second-order valence-electron chi connectivity index (χ2n) is 27.6. The zero-order chi connectivity index (χ0) is 65.6. The lowest BCUT2D eigenvalue weighted by Gasteiger charge is -2.42. The molecule has 90 heavy (non-hydrogen) atoms. The van der Waals surface area contributed by atoms with Crippen LogP contribution in [0.1, 0.15) is 189 Å². The molecule has 6 heterocycles. The van der Waals surface area contributed by atoms with Crippen molar-refractivity contribution >= 4 is 47.1 Å². The molecule has 10 rings (SSSR count). The molecule has 4 aromatic carbocycles. The summed E-state index contributed by atoms with van der Waals surface area (Å²) in [4.78, 5) is 93.7. The maximum atomic E-state index is 12.6. The molecule has 484 valence electrons. The van der Waals surface area contributed by atoms with E-state index >= 15 is 0 Å². The Hall–Kier alpha value is -7.72. The fraction of sp³-hybridized carbons (Fsp3) is 0.536. The van der Waals surface area contributed by atoms with Gasteiger partial charge in [-0.2, -0.15) is 10.2 Å². The van der Waals surface area contributed by atoms with Crippen LogP contribution in [0.4, 0.5) is 0 Å². The molecule has 0 spiro atoms. The van der Waals surface area contributed by atoms with Crippen molar-refractivity contribution in [2.45, 2.75) is 150 Å². The van der Waals surface area contributed by atoms with Gasteiger partial charge in [-0.05, 0) is 176 Å². The van der Waals surface area contributed by atoms with E-state index in [1.54, 1.807) is 36.4 Å². The number of ketones is 1. The average molecular weight is 1230 g/mol. The molecule has 0 saturated carbocycles. The Bertz CT molecular complexity index is 3210. The van der Waals surface area contributed by atoms with Crippen LogP contribution < -0.4 is 10.6 Å². The molecular formula is C69H96N14O7. The number of carboxylic acids is 1. The number of piperazine rings is 2. The standard InChI is InChI=1S/C18H25N5O.C17H23N5O.C17H24N2O3.C17H24N2O2/c1-18(2,3)23-10-8-15(9-11-23)21-17(24)14-6-4-13(5-7-14)16-19-12-20-22-16;1-17(2,3)22-10-8-21(9-11-22)16(23)14-6-4-13(5-7-14)15-18-12-19-20-15;1-17(2,3)19-10-8-14(9-11-19)18-15(20)12-4-6-13(7-5-12)16(21)22;1-13(20)14-5-7-15(8-6-14)16(21)18-9-11-19(12-10-18)17(2,3)4/h4-7,15H,8-12H2,1-3H3,(H,21,24);4-7H,8-12H2,1-3H3;4-7,14H,8-11H2,1-3H3,(H,18,20)(H,21,22);5-8H,9-12H2,1-4H3. The predicted octanol–water partition coefficient (Wildman–Crippen LogP) is 10.1. The number of amides is 4. The molecule has 4 amide bonds. The number of aliphatic imine (C=N–C) groups is 2. The van der Waals surface area contributed by atoms with E-state index in [1.165, 1.54) is 19.1 Å². The third kappa shape index (κ3) is 20.1. The molecule has 3 N–H and O–H groups in total. The highest BCUT2D eigenvalue weighted by molar-refractivity contribution is 6.02. The van der Waals surface area contributed by atoms with Crippen LogP contribution in [0.3, 0.4) is 0 Å². The summed E-state index contributed by atoms with van der Waals surface area (Å²) in [5, 5.41) is 30.7. The Balaban J connectivity index is 0.000000171. The van der Waals surface area contributed by atoms with E-state index in [0.29, 0.717) is 52.8 Å². The third-order valence-electron chi connectivity index (χ3n) is 17.2. The summed E-state index contributed by atoms with van der Waals surface area (Å²) < 4.78 is 0. The second-order valence-corrected chi connectivity index (χ2v) is 27.6. The van der Waals surface area contributed by atoms with Crippen molar-refractivity contribution in [3.05, 3.63) is 142 Å². The van der Waals surface area contributed by atoms with Crippen molar-refractivity contribution in [2.24, 2.45) is 30.4 Å². The van der Waals surface area contributed by atoms with Crippen LogP contribution in [-0.4, -0.2) is 208 Å². The van der Waals surface area contributed by atoms with Crippen molar-refractivity contribution in [3.8, 4) is 0 Å². The second kappa shape index (κ2) is 30.9. The minimum Gasteiger partial charge on any atom is -0.478 e. The average Bonchev–Trinajstić information content (AvgIpc) is 4.45. The highest BCUT2D eigenvalue weighted by atomic mass is 16.4. The van der Waals surface area contributed by atoms with E-state index in [1.807, 2.05) is 58.3 Å². The lowest BCUT2D eigenvalue weighted by molar-refractivity contribution is 0.0449. The quantitative estimate of drug-likeness (QED) is 0.126. The van der Waals surface area contributed by atoms with Crippen LogP contribution in [0.5, 0.6) is 0 Å². The molecule has 0 atom stereocenters. The van der Waals surface area contributed by atoms with Gasteiger partial charge in [0.1, 0.15) is 0 Å². The number of benzene rings is 4. The van der Waals surface area contributed by atoms with Gasteiger partial charge in [0.2, 0.25) is 0 Å². The van der Waals surface area contributed by atoms with Crippen LogP contribution in [-0.2, 0) is 0 Å². The molecule has 0 aromatic heterocycles. The summed E-state index contributed by atoms with van der Waals surface area (Å²) in [6.45, 7) is 39.6. The number of azo groups is 2. The van der Waals surface area contributed by atoms with Crippen LogP contribution in [0.25, 0.3) is 0 Å². The molecule has 4 aromatic rings. The van der Waals surface area contributed by atoms with Crippen molar-refractivity contribution in [2.75, 3.05) is 91.9 Å². The maximum Gasteiger partial charge on any atom is 0.335 e. The highest BCUT2D eigenvalue weighted by Crippen LogP contribution is 2.24. The first-order valence-corrected chi connectivity index (χ1v) is 31.6. The largest absolute Gasteiger partial charge is 0.478 e. The van der Waals surface area contributed by atoms with Crippen LogP contribution in [0.2, 0.25) is 0 Å². The first-order chi connectivity index (χ1) is 42.4. The molecule has 0 bridgehead atoms. The zero-order valence-electron chi connectivity index (χ0n) is 55.4. The molecule has 21 heteroatoms. The number of amidine groups is 2. The van der Waals surface area contributed by atoms with Crippen LogP contribution in [0.15, 0.2) is 128 Å². The number of carbonyl (C=O) groups is 6. The van der Waals surface area contributed by atoms with E-state index in [4.69, 9.17) is 5.11 Å². The molecule has 21 nitrogen and oxygen atoms in total. The highest BCUT2D eigenvalue weighted by Gasteiger charge is 2.32. The van der Waals surface area contributed by atoms with Crippen molar-refractivity contribution < 1.29 is 33.9 Å². The van der Waals surface area contributed by atoms with E-state index in [9.17, 15) is 28.8 Å². The van der Waals surface area contributed by atoms with Gasteiger partial charge < -0.3 is 25.5 Å². The molecular weight excluding hydrogens is 1140 g/mol. The Morgan fingerprint density at radius 2 is 0.667 bits per heavy atom. The van der Waals surface area contributed by atoms with E-state index in [0.717, 1.165) is 115 Å². The summed E-state index contributed by atoms with van der Waals surface area (Å²) >= 11 is 0. The summed E-state index contributed by atoms with van der Waals surface area (Å²) in [6.07, 6.45) is 3.88. The topological polar surface area (TPSA) is 240 Å². The number of Topliss-reactive ketones (excluding diaryl/α,β-unsaturated/α-hetero) is 1. The fourth-order valence-corrected chi connectivity index (χ4v) is 11.4. The number of rotatable bonds is 10. The monoisotopic (exact) mass is 1230 g/mol. The third-order valence-corrected chi connectivity index (χ3v) is 17.2. The SMILES string of the molecule is CC(=O)c1ccc(C(=O)N2CCN(C(C)(C)C)CC2)cc1.CC(C)(C)N1CCC(NC(=O)c2ccc(C(=O)O)cc2)CC1.CC(C)(C)N1CCC(NC(=O)c2ccc(C3=NCN=N3)cc2)CC1.CC(C)(C)N1CCN(C(=O)c2ccc(C3=NCN=N3)cc2)CC1. The minimum absolute atomic E-state index is 0.00857. The number of likely N-dealkylation sites (tertiary alicyclic amines) is 2. The number of hydrogen-bond donors (Lipinski definition) is 3. The smallest absolute Gasteiger partial charge is 0.335 e. The van der Waals surface area contributed by atoms with Gasteiger partial charge in [-0.3, -0.25) is 43.6 Å². The zero-order valence-corrected chi connectivity index (χ0v) is 55.4. The number of aromatic carboxylic acids is 1. The van der Waals surface area contributed by atoms with Gasteiger partial charge in [0, 0.05) is 152 Å². The predicted molar refractivity (Wildman–Crippen MR) is 353 cm³/mol. The van der Waals surface area contributed by atoms with Crippen molar-refractivity contribution in [1.82, 2.24) is 40.0 Å². The molecule has 6 aliphatic heterocycles. The maximum absolute atomic E-state index is 12.6. The molecule has 0 radical (unpaired) electrons. The number of piperidine rings is 2. The van der Waals surface area contributed by atoms with Gasteiger partial charge in [-0.1, -0.05) is 36.4 Å². The van der Waals surface area contributed by atoms with Gasteiger partial charge in [-0.25, -0.2) is 14.8 Å². The summed E-state index contributed by atoms with van der Waals surface area (Å²) in [5.41, 5.74) is 5.86. The van der Waals surface area contributed by atoms with E-state index in [-0.39, 0.29) is 69.2 Å². The number of carboxylic acid groups (broad SMARTS) is 1. The molecule has 4 fully saturated rings. The normalized spacial score (nSPS) is 18.2. The number of carbonyl (C=O) groups excluding carboxylic acids is 5. The molecule has 0 unspecified atom stereocenters. The van der Waals surface area contributed by atoms with Crippen molar-refractivity contribution in [3.63, 3.8) is 0 Å². The van der Waals surface area contributed by atoms with Crippen LogP contribution in [0, 0.1) is 0 Å². The number of nitrogens with zero attached hydrogens (tertiary/aromatic N) is 12. The molecule has 4 saturated heterocycles. The molecule has 0 aliphatic carbocycles. The number of hydrogen-bond acceptors (Lipinski definition) is 16. The molecule has 6 aliphatic rings. The van der Waals surface area contributed by atoms with E-state index in [2.05, 4.69) is 144 Å². The van der Waals surface area contributed by atoms with Gasteiger partial charge >= 0.3 is 5.97 Å². The van der Waals surface area contributed by atoms with Gasteiger partial charge in [0.25, 0.3) is 23.6 Å².